The standard InChI is InChI=1S/C16H28O7P2/c1-5-14(2)8-6-9-15(3)10-7-11-16(4)12-13-22-25(20,21)23-24(17,18)19/h5,8,10,12H,1,6-7,9,11,13H2,2-4H3,(H,20,21)(H2,17,18,19)/b14-8+,15-10+,16-12+. The molecule has 0 spiro atoms. The van der Waals surface area contributed by atoms with E-state index in [4.69, 9.17) is 14.7 Å². The van der Waals surface area contributed by atoms with E-state index in [0.29, 0.717) is 0 Å². The van der Waals surface area contributed by atoms with E-state index in [0.717, 1.165) is 36.8 Å². The molecule has 0 aromatic heterocycles. The first kappa shape index (κ1) is 24.2. The second kappa shape index (κ2) is 11.8. The van der Waals surface area contributed by atoms with Crippen LogP contribution in [0.4, 0.5) is 0 Å². The lowest BCUT2D eigenvalue weighted by molar-refractivity contribution is 0.191. The summed E-state index contributed by atoms with van der Waals surface area (Å²) in [5, 5.41) is 0. The molecule has 0 radical (unpaired) electrons. The molecule has 25 heavy (non-hydrogen) atoms. The Morgan fingerprint density at radius 2 is 1.48 bits per heavy atom. The third kappa shape index (κ3) is 15.2. The Morgan fingerprint density at radius 1 is 0.960 bits per heavy atom. The van der Waals surface area contributed by atoms with Crippen molar-refractivity contribution in [3.05, 3.63) is 47.6 Å². The van der Waals surface area contributed by atoms with Gasteiger partial charge in [0.05, 0.1) is 6.61 Å². The van der Waals surface area contributed by atoms with Crippen molar-refractivity contribution in [2.75, 3.05) is 6.61 Å². The summed E-state index contributed by atoms with van der Waals surface area (Å²) in [6.45, 7) is 9.36. The van der Waals surface area contributed by atoms with Crippen molar-refractivity contribution in [2.24, 2.45) is 0 Å². The average molecular weight is 394 g/mol. The second-order valence-electron chi connectivity index (χ2n) is 5.67. The van der Waals surface area contributed by atoms with Crippen LogP contribution in [-0.4, -0.2) is 21.3 Å². The molecule has 3 N–H and O–H groups in total. The topological polar surface area (TPSA) is 113 Å². The van der Waals surface area contributed by atoms with Crippen molar-refractivity contribution in [1.82, 2.24) is 0 Å². The van der Waals surface area contributed by atoms with Crippen molar-refractivity contribution in [3.8, 4) is 0 Å². The molecule has 0 saturated carbocycles. The van der Waals surface area contributed by atoms with Crippen LogP contribution in [0, 0.1) is 0 Å². The second-order valence-corrected chi connectivity index (χ2v) is 8.50. The molecule has 0 aromatic rings. The third-order valence-electron chi connectivity index (χ3n) is 3.24. The molecule has 144 valence electrons. The molecule has 0 aliphatic carbocycles. The maximum atomic E-state index is 11.3. The molecule has 0 saturated heterocycles. The van der Waals surface area contributed by atoms with E-state index in [2.05, 4.69) is 34.5 Å². The van der Waals surface area contributed by atoms with E-state index in [9.17, 15) is 9.13 Å². The zero-order valence-corrected chi connectivity index (χ0v) is 16.7. The molecule has 0 amide bonds. The van der Waals surface area contributed by atoms with Crippen LogP contribution in [0.1, 0.15) is 46.5 Å². The fraction of sp³-hybridized carbons (Fsp3) is 0.500. The number of rotatable bonds is 12. The van der Waals surface area contributed by atoms with Gasteiger partial charge in [-0.05, 0) is 46.5 Å². The predicted molar refractivity (Wildman–Crippen MR) is 98.8 cm³/mol. The monoisotopic (exact) mass is 394 g/mol. The van der Waals surface area contributed by atoms with Crippen LogP contribution in [0.25, 0.3) is 0 Å². The van der Waals surface area contributed by atoms with Crippen molar-refractivity contribution in [2.45, 2.75) is 46.5 Å². The Balaban J connectivity index is 4.20. The SMILES string of the molecule is C=C/C(C)=C/CC/C(C)=C/CC/C(C)=C/COP(=O)(O)OP(=O)(O)O. The van der Waals surface area contributed by atoms with Gasteiger partial charge >= 0.3 is 15.6 Å². The number of phosphoric ester groups is 1. The van der Waals surface area contributed by atoms with Crippen LogP contribution in [0.3, 0.4) is 0 Å². The summed E-state index contributed by atoms with van der Waals surface area (Å²) in [7, 11) is -9.84. The Morgan fingerprint density at radius 3 is 2.00 bits per heavy atom. The maximum absolute atomic E-state index is 11.3. The molecular weight excluding hydrogens is 366 g/mol. The van der Waals surface area contributed by atoms with E-state index in [1.165, 1.54) is 5.57 Å². The minimum absolute atomic E-state index is 0.270. The lowest BCUT2D eigenvalue weighted by Crippen LogP contribution is -1.94. The highest BCUT2D eigenvalue weighted by Gasteiger charge is 2.31. The lowest BCUT2D eigenvalue weighted by Gasteiger charge is -2.11. The summed E-state index contributed by atoms with van der Waals surface area (Å²) >= 11 is 0. The molecule has 0 aliphatic rings. The smallest absolute Gasteiger partial charge is 0.302 e. The summed E-state index contributed by atoms with van der Waals surface area (Å²) in [6, 6.07) is 0. The van der Waals surface area contributed by atoms with Crippen molar-refractivity contribution < 1.29 is 32.6 Å². The van der Waals surface area contributed by atoms with Gasteiger partial charge in [0.15, 0.2) is 0 Å². The maximum Gasteiger partial charge on any atom is 0.481 e. The predicted octanol–water partition coefficient (Wildman–Crippen LogP) is 4.80. The summed E-state index contributed by atoms with van der Waals surface area (Å²) in [5.74, 6) is 0. The van der Waals surface area contributed by atoms with Crippen LogP contribution in [0.2, 0.25) is 0 Å². The van der Waals surface area contributed by atoms with Gasteiger partial charge in [-0.3, -0.25) is 4.52 Å². The fourth-order valence-electron chi connectivity index (χ4n) is 1.79. The highest BCUT2D eigenvalue weighted by molar-refractivity contribution is 7.60. The molecule has 9 heteroatoms. The number of hydrogen-bond donors (Lipinski definition) is 3. The molecular formula is C16H28O7P2. The highest BCUT2D eigenvalue weighted by atomic mass is 31.3. The van der Waals surface area contributed by atoms with E-state index in [-0.39, 0.29) is 6.61 Å². The molecule has 1 atom stereocenters. The van der Waals surface area contributed by atoms with Gasteiger partial charge in [-0.25, -0.2) is 9.13 Å². The fourth-order valence-corrected chi connectivity index (χ4v) is 3.32. The summed E-state index contributed by atoms with van der Waals surface area (Å²) in [5.41, 5.74) is 3.38. The quantitative estimate of drug-likeness (QED) is 0.248. The summed E-state index contributed by atoms with van der Waals surface area (Å²) in [6.07, 6.45) is 11.2. The molecule has 0 aromatic carbocycles. The Kier molecular flexibility index (Phi) is 11.4. The van der Waals surface area contributed by atoms with Gasteiger partial charge in [0, 0.05) is 0 Å². The Bertz CT molecular complexity index is 614. The van der Waals surface area contributed by atoms with Crippen molar-refractivity contribution >= 4 is 15.6 Å². The lowest BCUT2D eigenvalue weighted by atomic mass is 10.1. The van der Waals surface area contributed by atoms with Crippen molar-refractivity contribution in [3.63, 3.8) is 0 Å². The molecule has 0 bridgehead atoms. The Labute approximate surface area is 149 Å². The molecule has 7 nitrogen and oxygen atoms in total. The minimum Gasteiger partial charge on any atom is -0.302 e. The molecule has 0 fully saturated rings. The largest absolute Gasteiger partial charge is 0.481 e. The minimum atomic E-state index is -5.07. The Hall–Kier alpha value is -0.780. The first-order chi connectivity index (χ1) is 11.4. The van der Waals surface area contributed by atoms with E-state index in [1.807, 2.05) is 19.9 Å². The van der Waals surface area contributed by atoms with E-state index >= 15 is 0 Å². The zero-order valence-electron chi connectivity index (χ0n) is 14.9. The summed E-state index contributed by atoms with van der Waals surface area (Å²) < 4.78 is 29.9. The van der Waals surface area contributed by atoms with Gasteiger partial charge in [-0.1, -0.05) is 47.6 Å². The van der Waals surface area contributed by atoms with E-state index in [1.54, 1.807) is 6.08 Å². The molecule has 0 rings (SSSR count). The van der Waals surface area contributed by atoms with Gasteiger partial charge in [0.1, 0.15) is 0 Å². The zero-order chi connectivity index (χ0) is 19.5. The van der Waals surface area contributed by atoms with Gasteiger partial charge in [-0.15, -0.1) is 0 Å². The number of hydrogen-bond acceptors (Lipinski definition) is 4. The first-order valence-corrected chi connectivity index (χ1v) is 10.8. The first-order valence-electron chi connectivity index (χ1n) is 7.80. The third-order valence-corrected chi connectivity index (χ3v) is 5.39. The number of phosphoric acid groups is 2. The van der Waals surface area contributed by atoms with Crippen LogP contribution in [0.5, 0.6) is 0 Å². The van der Waals surface area contributed by atoms with Crippen molar-refractivity contribution in [1.29, 1.82) is 0 Å². The van der Waals surface area contributed by atoms with Gasteiger partial charge in [-0.2, -0.15) is 4.31 Å². The number of allylic oxidation sites excluding steroid dienone is 6. The highest BCUT2D eigenvalue weighted by Crippen LogP contribution is 2.57. The van der Waals surface area contributed by atoms with Gasteiger partial charge in [0.25, 0.3) is 0 Å². The van der Waals surface area contributed by atoms with E-state index < -0.39 is 15.6 Å². The van der Waals surface area contributed by atoms with Crippen LogP contribution in [-0.2, 0) is 18.0 Å². The molecule has 0 aliphatic heterocycles. The van der Waals surface area contributed by atoms with Crippen LogP contribution < -0.4 is 0 Å². The van der Waals surface area contributed by atoms with Gasteiger partial charge in [0.2, 0.25) is 0 Å². The average Bonchev–Trinajstić information content (AvgIpc) is 2.44. The van der Waals surface area contributed by atoms with Crippen LogP contribution >= 0.6 is 15.6 Å². The molecule has 0 heterocycles. The normalized spacial score (nSPS) is 16.6. The summed E-state index contributed by atoms with van der Waals surface area (Å²) in [4.78, 5) is 26.1. The van der Waals surface area contributed by atoms with Gasteiger partial charge < -0.3 is 14.7 Å². The van der Waals surface area contributed by atoms with Crippen LogP contribution in [0.15, 0.2) is 47.6 Å². The molecule has 1 unspecified atom stereocenters.